The van der Waals surface area contributed by atoms with E-state index in [1.807, 2.05) is 31.2 Å². The Morgan fingerprint density at radius 1 is 1.44 bits per heavy atom. The maximum absolute atomic E-state index is 11.7. The van der Waals surface area contributed by atoms with Crippen molar-refractivity contribution in [1.82, 2.24) is 29.1 Å². The lowest BCUT2D eigenvalue weighted by Crippen LogP contribution is -2.39. The van der Waals surface area contributed by atoms with Gasteiger partial charge in [-0.05, 0) is 13.0 Å². The average molecular weight is 346 g/mol. The molecule has 1 aliphatic heterocycles. The van der Waals surface area contributed by atoms with Gasteiger partial charge in [-0.3, -0.25) is 14.4 Å². The molecule has 0 unspecified atom stereocenters. The Morgan fingerprint density at radius 3 is 2.92 bits per heavy atom. The highest BCUT2D eigenvalue weighted by atomic mass is 16.5. The molecule has 0 saturated heterocycles. The van der Waals surface area contributed by atoms with E-state index in [2.05, 4.69) is 25.6 Å². The highest BCUT2D eigenvalue weighted by Crippen LogP contribution is 2.23. The van der Waals surface area contributed by atoms with Gasteiger partial charge >= 0.3 is 0 Å². The summed E-state index contributed by atoms with van der Waals surface area (Å²) in [6.07, 6.45) is 3.75. The van der Waals surface area contributed by atoms with Gasteiger partial charge in [0.2, 0.25) is 5.91 Å². The molecule has 1 aliphatic rings. The molecule has 0 aromatic carbocycles. The smallest absolute Gasteiger partial charge is 0.248 e. The highest BCUT2D eigenvalue weighted by Gasteiger charge is 2.26. The molecule has 8 nitrogen and oxygen atoms in total. The van der Waals surface area contributed by atoms with Gasteiger partial charge in [0.1, 0.15) is 6.61 Å². The first kappa shape index (κ1) is 17.6. The Labute approximate surface area is 148 Å². The molecule has 2 aromatic rings. The summed E-state index contributed by atoms with van der Waals surface area (Å²) >= 11 is 0. The van der Waals surface area contributed by atoms with Gasteiger partial charge in [-0.15, -0.1) is 0 Å². The zero-order valence-corrected chi connectivity index (χ0v) is 15.3. The van der Waals surface area contributed by atoms with Crippen LogP contribution in [0, 0.1) is 6.92 Å². The number of likely N-dealkylation sites (N-methyl/N-ethyl adjacent to an activating group) is 1. The predicted octanol–water partition coefficient (Wildman–Crippen LogP) is 0.587. The third-order valence-electron chi connectivity index (χ3n) is 4.51. The molecule has 0 aliphatic carbocycles. The summed E-state index contributed by atoms with van der Waals surface area (Å²) in [4.78, 5) is 19.9. The first-order chi connectivity index (χ1) is 11.9. The van der Waals surface area contributed by atoms with Crippen LogP contribution in [0.2, 0.25) is 0 Å². The summed E-state index contributed by atoms with van der Waals surface area (Å²) in [6.45, 7) is 5.13. The molecule has 25 heavy (non-hydrogen) atoms. The molecular weight excluding hydrogens is 320 g/mol. The summed E-state index contributed by atoms with van der Waals surface area (Å²) in [6, 6.07) is 2.27. The van der Waals surface area contributed by atoms with Crippen molar-refractivity contribution < 1.29 is 9.53 Å². The van der Waals surface area contributed by atoms with Crippen LogP contribution >= 0.6 is 0 Å². The van der Waals surface area contributed by atoms with Crippen LogP contribution in [0.25, 0.3) is 0 Å². The minimum absolute atomic E-state index is 0.0242. The van der Waals surface area contributed by atoms with E-state index < -0.39 is 0 Å². The normalized spacial score (nSPS) is 17.5. The first-order valence-electron chi connectivity index (χ1n) is 8.44. The van der Waals surface area contributed by atoms with E-state index in [9.17, 15) is 4.79 Å². The number of aryl methyl sites for hydroxylation is 2. The van der Waals surface area contributed by atoms with Crippen molar-refractivity contribution in [2.24, 2.45) is 7.05 Å². The van der Waals surface area contributed by atoms with E-state index in [0.717, 1.165) is 31.0 Å². The number of hydrogen-bond acceptors (Lipinski definition) is 5. The molecule has 2 aromatic heterocycles. The summed E-state index contributed by atoms with van der Waals surface area (Å²) in [5, 5.41) is 4.42. The molecule has 1 amide bonds. The number of hydrogen-bond donors (Lipinski definition) is 0. The van der Waals surface area contributed by atoms with Crippen molar-refractivity contribution in [1.29, 1.82) is 0 Å². The fourth-order valence-electron chi connectivity index (χ4n) is 3.17. The Hall–Kier alpha value is -2.19. The van der Waals surface area contributed by atoms with E-state index in [-0.39, 0.29) is 18.6 Å². The van der Waals surface area contributed by atoms with Gasteiger partial charge in [-0.2, -0.15) is 5.10 Å². The second-order valence-corrected chi connectivity index (χ2v) is 6.82. The number of amides is 1. The molecule has 0 saturated carbocycles. The molecule has 136 valence electrons. The average Bonchev–Trinajstić information content (AvgIpc) is 3.13. The van der Waals surface area contributed by atoms with Crippen molar-refractivity contribution in [3.05, 3.63) is 35.7 Å². The second-order valence-electron chi connectivity index (χ2n) is 6.82. The Balaban J connectivity index is 1.65. The third kappa shape index (κ3) is 4.08. The quantitative estimate of drug-likeness (QED) is 0.766. The number of ether oxygens (including phenoxy) is 1. The van der Waals surface area contributed by atoms with Crippen LogP contribution in [0.4, 0.5) is 0 Å². The van der Waals surface area contributed by atoms with E-state index in [0.29, 0.717) is 6.61 Å². The van der Waals surface area contributed by atoms with Gasteiger partial charge in [0, 0.05) is 47.0 Å². The molecule has 0 spiro atoms. The Kier molecular flexibility index (Phi) is 5.19. The maximum atomic E-state index is 11.7. The Bertz CT molecular complexity index is 735. The minimum atomic E-state index is -0.0242. The van der Waals surface area contributed by atoms with E-state index in [4.69, 9.17) is 4.74 Å². The largest absolute Gasteiger partial charge is 0.369 e. The van der Waals surface area contributed by atoms with Gasteiger partial charge in [0.25, 0.3) is 0 Å². The van der Waals surface area contributed by atoms with Crippen LogP contribution in [-0.2, 0) is 29.7 Å². The molecule has 0 bridgehead atoms. The molecule has 3 heterocycles. The van der Waals surface area contributed by atoms with Crippen LogP contribution in [0.15, 0.2) is 18.6 Å². The number of aromatic nitrogens is 4. The summed E-state index contributed by atoms with van der Waals surface area (Å²) in [5.41, 5.74) is 3.38. The predicted molar refractivity (Wildman–Crippen MR) is 92.8 cm³/mol. The van der Waals surface area contributed by atoms with Gasteiger partial charge in [0.15, 0.2) is 0 Å². The zero-order valence-electron chi connectivity index (χ0n) is 15.3. The number of rotatable bonds is 6. The van der Waals surface area contributed by atoms with Crippen molar-refractivity contribution in [3.8, 4) is 0 Å². The van der Waals surface area contributed by atoms with Gasteiger partial charge in [0.05, 0.1) is 36.1 Å². The number of carbonyl (C=O) groups is 1. The summed E-state index contributed by atoms with van der Waals surface area (Å²) < 4.78 is 9.76. The lowest BCUT2D eigenvalue weighted by Gasteiger charge is -2.34. The van der Waals surface area contributed by atoms with Gasteiger partial charge < -0.3 is 14.2 Å². The van der Waals surface area contributed by atoms with E-state index in [1.54, 1.807) is 19.0 Å². The van der Waals surface area contributed by atoms with Crippen LogP contribution in [0.3, 0.4) is 0 Å². The second kappa shape index (κ2) is 7.37. The highest BCUT2D eigenvalue weighted by molar-refractivity contribution is 5.76. The van der Waals surface area contributed by atoms with Crippen molar-refractivity contribution >= 4 is 5.91 Å². The number of nitrogens with zero attached hydrogens (tertiary/aromatic N) is 6. The Morgan fingerprint density at radius 2 is 2.24 bits per heavy atom. The summed E-state index contributed by atoms with van der Waals surface area (Å²) in [5.74, 6) is -0.0242. The topological polar surface area (TPSA) is 68.4 Å². The maximum Gasteiger partial charge on any atom is 0.248 e. The fraction of sp³-hybridized carbons (Fsp3) is 0.588. The van der Waals surface area contributed by atoms with Crippen LogP contribution in [0.5, 0.6) is 0 Å². The zero-order chi connectivity index (χ0) is 18.0. The monoisotopic (exact) mass is 346 g/mol. The molecule has 0 radical (unpaired) electrons. The molecular formula is C17H26N6O2. The van der Waals surface area contributed by atoms with Crippen LogP contribution in [0.1, 0.15) is 23.1 Å². The summed E-state index contributed by atoms with van der Waals surface area (Å²) in [7, 11) is 5.44. The molecule has 1 atom stereocenters. The molecule has 0 fully saturated rings. The van der Waals surface area contributed by atoms with Crippen LogP contribution in [-0.4, -0.2) is 68.9 Å². The number of imidazole rings is 1. The van der Waals surface area contributed by atoms with Crippen molar-refractivity contribution in [2.75, 3.05) is 33.9 Å². The molecule has 0 N–H and O–H groups in total. The van der Waals surface area contributed by atoms with E-state index >= 15 is 0 Å². The van der Waals surface area contributed by atoms with Gasteiger partial charge in [-0.25, -0.2) is 4.98 Å². The van der Waals surface area contributed by atoms with Crippen molar-refractivity contribution in [3.63, 3.8) is 0 Å². The standard InChI is InChI=1S/C17H26N6O2/c1-13-5-14(21(4)19-13)7-22-8-15-6-18-12-23(15)16(9-22)10-25-11-17(24)20(2)3/h5-6,12,16H,7-11H2,1-4H3/t16-/m1/s1. The minimum Gasteiger partial charge on any atom is -0.369 e. The number of carbonyl (C=O) groups excluding carboxylic acids is 1. The van der Waals surface area contributed by atoms with Crippen LogP contribution < -0.4 is 0 Å². The lowest BCUT2D eigenvalue weighted by molar-refractivity contribution is -0.134. The SMILES string of the molecule is Cc1cc(CN2Cc3cncn3[C@@H](COCC(=O)N(C)C)C2)n(C)n1. The van der Waals surface area contributed by atoms with Crippen molar-refractivity contribution in [2.45, 2.75) is 26.1 Å². The van der Waals surface area contributed by atoms with Gasteiger partial charge in [-0.1, -0.05) is 0 Å². The molecule has 8 heteroatoms. The first-order valence-corrected chi connectivity index (χ1v) is 8.44. The molecule has 3 rings (SSSR count). The fourth-order valence-corrected chi connectivity index (χ4v) is 3.17. The third-order valence-corrected chi connectivity index (χ3v) is 4.51. The number of fused-ring (bicyclic) bond motifs is 1. The lowest BCUT2D eigenvalue weighted by atomic mass is 10.2. The van der Waals surface area contributed by atoms with E-state index in [1.165, 1.54) is 5.69 Å².